The van der Waals surface area contributed by atoms with Crippen molar-refractivity contribution in [2.75, 3.05) is 18.5 Å². The summed E-state index contributed by atoms with van der Waals surface area (Å²) in [6.07, 6.45) is -0.237. The summed E-state index contributed by atoms with van der Waals surface area (Å²) in [6.45, 7) is 1.47. The number of hydrogen-bond acceptors (Lipinski definition) is 4. The minimum absolute atomic E-state index is 0.0778. The lowest BCUT2D eigenvalue weighted by molar-refractivity contribution is 0.101. The Bertz CT molecular complexity index is 518. The molecule has 0 aliphatic carbocycles. The summed E-state index contributed by atoms with van der Waals surface area (Å²) in [5.74, 6) is -0.0778. The number of carbonyl (C=O) groups excluding carboxylic acids is 2. The molecule has 0 aromatic heterocycles. The maximum absolute atomic E-state index is 12.1. The van der Waals surface area contributed by atoms with Crippen molar-refractivity contribution < 1.29 is 19.8 Å². The third-order valence-electron chi connectivity index (χ3n) is 3.38. The fraction of sp³-hybridized carbons (Fsp3) is 0.429. The van der Waals surface area contributed by atoms with Crippen molar-refractivity contribution in [3.8, 4) is 0 Å². The Morgan fingerprint density at radius 3 is 2.85 bits per heavy atom. The highest BCUT2D eigenvalue weighted by Gasteiger charge is 2.33. The molecule has 1 fully saturated rings. The van der Waals surface area contributed by atoms with Gasteiger partial charge in [-0.1, -0.05) is 12.1 Å². The summed E-state index contributed by atoms with van der Waals surface area (Å²) >= 11 is 0. The molecule has 2 amide bonds. The predicted molar refractivity (Wildman–Crippen MR) is 73.7 cm³/mol. The fourth-order valence-corrected chi connectivity index (χ4v) is 2.33. The van der Waals surface area contributed by atoms with Gasteiger partial charge in [0, 0.05) is 17.8 Å². The van der Waals surface area contributed by atoms with E-state index in [2.05, 4.69) is 5.32 Å². The van der Waals surface area contributed by atoms with Crippen LogP contribution in [0, 0.1) is 0 Å². The van der Waals surface area contributed by atoms with E-state index < -0.39 is 6.10 Å². The number of carbonyl (C=O) groups is 2. The predicted octanol–water partition coefficient (Wildman–Crippen LogP) is 0.849. The molecule has 108 valence electrons. The van der Waals surface area contributed by atoms with Gasteiger partial charge >= 0.3 is 6.03 Å². The van der Waals surface area contributed by atoms with Gasteiger partial charge in [-0.05, 0) is 25.5 Å². The van der Waals surface area contributed by atoms with Gasteiger partial charge in [0.2, 0.25) is 0 Å². The van der Waals surface area contributed by atoms with Gasteiger partial charge in [0.15, 0.2) is 5.78 Å². The zero-order valence-electron chi connectivity index (χ0n) is 11.2. The summed E-state index contributed by atoms with van der Waals surface area (Å²) in [4.78, 5) is 24.8. The molecule has 1 aliphatic heterocycles. The first-order chi connectivity index (χ1) is 9.51. The number of rotatable bonds is 3. The Labute approximate surface area is 117 Å². The standard InChI is InChI=1S/C14H18N2O4/c1-9(18)10-3-2-4-11(5-10)15-14(20)16-7-13(19)6-12(16)8-17/h2-5,12-13,17,19H,6-8H2,1H3,(H,15,20)/t12-,13+/m0/s1. The Morgan fingerprint density at radius 1 is 1.45 bits per heavy atom. The SMILES string of the molecule is CC(=O)c1cccc(NC(=O)N2C[C@H](O)C[C@H]2CO)c1. The van der Waals surface area contributed by atoms with E-state index in [0.29, 0.717) is 17.7 Å². The number of amides is 2. The van der Waals surface area contributed by atoms with Crippen LogP contribution in [0.5, 0.6) is 0 Å². The molecule has 0 unspecified atom stereocenters. The van der Waals surface area contributed by atoms with Crippen molar-refractivity contribution in [3.63, 3.8) is 0 Å². The number of Topliss-reactive ketones (excluding diaryl/α,β-unsaturated/α-hetero) is 1. The average molecular weight is 278 g/mol. The molecule has 3 N–H and O–H groups in total. The number of β-amino-alcohol motifs (C(OH)–C–C–N with tert-alkyl or cyclic N) is 1. The van der Waals surface area contributed by atoms with E-state index in [4.69, 9.17) is 0 Å². The van der Waals surface area contributed by atoms with Crippen LogP contribution in [0.2, 0.25) is 0 Å². The van der Waals surface area contributed by atoms with Crippen molar-refractivity contribution in [3.05, 3.63) is 29.8 Å². The van der Waals surface area contributed by atoms with Gasteiger partial charge in [-0.3, -0.25) is 4.79 Å². The van der Waals surface area contributed by atoms with Crippen LogP contribution in [-0.2, 0) is 0 Å². The molecule has 0 spiro atoms. The van der Waals surface area contributed by atoms with E-state index in [1.54, 1.807) is 24.3 Å². The largest absolute Gasteiger partial charge is 0.394 e. The zero-order chi connectivity index (χ0) is 14.7. The van der Waals surface area contributed by atoms with Crippen LogP contribution in [0.1, 0.15) is 23.7 Å². The second-order valence-electron chi connectivity index (χ2n) is 4.95. The molecule has 0 saturated carbocycles. The Balaban J connectivity index is 2.08. The summed E-state index contributed by atoms with van der Waals surface area (Å²) in [5.41, 5.74) is 1.03. The number of hydrogen-bond donors (Lipinski definition) is 3. The zero-order valence-corrected chi connectivity index (χ0v) is 11.2. The topological polar surface area (TPSA) is 89.9 Å². The molecule has 0 radical (unpaired) electrons. The van der Waals surface area contributed by atoms with Gasteiger partial charge in [0.05, 0.1) is 18.8 Å². The Kier molecular flexibility index (Phi) is 4.36. The van der Waals surface area contributed by atoms with Gasteiger partial charge in [0.1, 0.15) is 0 Å². The molecule has 0 bridgehead atoms. The molecule has 6 heteroatoms. The molecule has 1 aliphatic rings. The second-order valence-corrected chi connectivity index (χ2v) is 4.95. The first-order valence-electron chi connectivity index (χ1n) is 6.49. The van der Waals surface area contributed by atoms with Crippen LogP contribution in [0.4, 0.5) is 10.5 Å². The van der Waals surface area contributed by atoms with E-state index in [1.165, 1.54) is 11.8 Å². The molecule has 6 nitrogen and oxygen atoms in total. The second kappa shape index (κ2) is 6.02. The number of likely N-dealkylation sites (tertiary alicyclic amines) is 1. The van der Waals surface area contributed by atoms with Crippen LogP contribution in [0.3, 0.4) is 0 Å². The van der Waals surface area contributed by atoms with E-state index in [1.807, 2.05) is 0 Å². The normalized spacial score (nSPS) is 21.9. The molecular weight excluding hydrogens is 260 g/mol. The number of anilines is 1. The van der Waals surface area contributed by atoms with Gasteiger partial charge in [-0.25, -0.2) is 4.79 Å². The van der Waals surface area contributed by atoms with Crippen LogP contribution < -0.4 is 5.32 Å². The highest BCUT2D eigenvalue weighted by Crippen LogP contribution is 2.19. The quantitative estimate of drug-likeness (QED) is 0.715. The van der Waals surface area contributed by atoms with E-state index in [0.717, 1.165) is 0 Å². The molecular formula is C14H18N2O4. The summed E-state index contributed by atoms with van der Waals surface area (Å²) in [7, 11) is 0. The molecule has 20 heavy (non-hydrogen) atoms. The average Bonchev–Trinajstić information content (AvgIpc) is 2.80. The summed E-state index contributed by atoms with van der Waals surface area (Å²) in [6, 6.07) is 5.89. The van der Waals surface area contributed by atoms with Crippen LogP contribution in [0.25, 0.3) is 0 Å². The van der Waals surface area contributed by atoms with Crippen molar-refractivity contribution in [2.24, 2.45) is 0 Å². The lowest BCUT2D eigenvalue weighted by atomic mass is 10.1. The summed E-state index contributed by atoms with van der Waals surface area (Å²) < 4.78 is 0. The van der Waals surface area contributed by atoms with Crippen LogP contribution >= 0.6 is 0 Å². The maximum Gasteiger partial charge on any atom is 0.322 e. The lowest BCUT2D eigenvalue weighted by Gasteiger charge is -2.23. The van der Waals surface area contributed by atoms with Gasteiger partial charge in [-0.15, -0.1) is 0 Å². The van der Waals surface area contributed by atoms with Crippen molar-refractivity contribution in [1.82, 2.24) is 4.90 Å². The number of aliphatic hydroxyl groups excluding tert-OH is 2. The number of benzene rings is 1. The van der Waals surface area contributed by atoms with E-state index >= 15 is 0 Å². The molecule has 1 saturated heterocycles. The maximum atomic E-state index is 12.1. The number of nitrogens with zero attached hydrogens (tertiary/aromatic N) is 1. The highest BCUT2D eigenvalue weighted by molar-refractivity contribution is 5.96. The van der Waals surface area contributed by atoms with Gasteiger partial charge in [-0.2, -0.15) is 0 Å². The molecule has 1 aromatic carbocycles. The fourth-order valence-electron chi connectivity index (χ4n) is 2.33. The van der Waals surface area contributed by atoms with Crippen molar-refractivity contribution >= 4 is 17.5 Å². The molecule has 1 aromatic rings. The number of urea groups is 1. The number of nitrogens with one attached hydrogen (secondary N) is 1. The first-order valence-corrected chi connectivity index (χ1v) is 6.49. The minimum Gasteiger partial charge on any atom is -0.394 e. The monoisotopic (exact) mass is 278 g/mol. The van der Waals surface area contributed by atoms with Gasteiger partial charge < -0.3 is 20.4 Å². The minimum atomic E-state index is -0.610. The molecule has 2 atom stereocenters. The van der Waals surface area contributed by atoms with Crippen LogP contribution in [0.15, 0.2) is 24.3 Å². The van der Waals surface area contributed by atoms with Crippen molar-refractivity contribution in [1.29, 1.82) is 0 Å². The lowest BCUT2D eigenvalue weighted by Crippen LogP contribution is -2.40. The molecule has 2 rings (SSSR count). The van der Waals surface area contributed by atoms with Crippen molar-refractivity contribution in [2.45, 2.75) is 25.5 Å². The smallest absolute Gasteiger partial charge is 0.322 e. The number of aliphatic hydroxyl groups is 2. The Morgan fingerprint density at radius 2 is 2.20 bits per heavy atom. The number of ketones is 1. The summed E-state index contributed by atoms with van der Waals surface area (Å²) in [5, 5.41) is 21.4. The highest BCUT2D eigenvalue weighted by atomic mass is 16.3. The first kappa shape index (κ1) is 14.5. The third kappa shape index (κ3) is 3.15. The van der Waals surface area contributed by atoms with Gasteiger partial charge in [0.25, 0.3) is 0 Å². The van der Waals surface area contributed by atoms with E-state index in [9.17, 15) is 19.8 Å². The third-order valence-corrected chi connectivity index (χ3v) is 3.38. The Hall–Kier alpha value is -1.92. The van der Waals surface area contributed by atoms with E-state index in [-0.39, 0.29) is 31.0 Å². The molecule has 1 heterocycles. The van der Waals surface area contributed by atoms with Crippen LogP contribution in [-0.4, -0.2) is 52.2 Å².